The molecule has 0 saturated carbocycles. The number of hydrogen-bond acceptors (Lipinski definition) is 3. The first kappa shape index (κ1) is 10.0. The molecule has 15 heavy (non-hydrogen) atoms. The molecule has 0 radical (unpaired) electrons. The van der Waals surface area contributed by atoms with E-state index in [1.807, 2.05) is 12.1 Å². The summed E-state index contributed by atoms with van der Waals surface area (Å²) in [4.78, 5) is 4.28. The molecule has 1 aliphatic rings. The maximum atomic E-state index is 5.66. The highest BCUT2D eigenvalue weighted by Crippen LogP contribution is 2.16. The molecule has 0 atom stereocenters. The molecule has 2 rings (SSSR count). The predicted octanol–water partition coefficient (Wildman–Crippen LogP) is 1.68. The normalized spacial score (nSPS) is 14.7. The van der Waals surface area contributed by atoms with Gasteiger partial charge < -0.3 is 10.1 Å². The van der Waals surface area contributed by atoms with Crippen LogP contribution in [0, 0.1) is 13.8 Å². The lowest BCUT2D eigenvalue weighted by atomic mass is 10.1. The molecule has 80 valence electrons. The number of ether oxygens (including phenoxy) is 1. The molecular formula is C12H16N2O. The Balaban J connectivity index is 1.98. The Labute approximate surface area is 90.2 Å². The second-order valence-electron chi connectivity index (χ2n) is 3.87. The van der Waals surface area contributed by atoms with Crippen LogP contribution in [-0.2, 0) is 0 Å². The summed E-state index contributed by atoms with van der Waals surface area (Å²) in [6.45, 7) is 6.50. The van der Waals surface area contributed by atoms with Crippen molar-refractivity contribution in [2.24, 2.45) is 4.99 Å². The summed E-state index contributed by atoms with van der Waals surface area (Å²) in [5.41, 5.74) is 2.46. The Hall–Kier alpha value is -1.51. The highest BCUT2D eigenvalue weighted by Gasteiger charge is 2.05. The topological polar surface area (TPSA) is 33.6 Å². The van der Waals surface area contributed by atoms with E-state index in [1.165, 1.54) is 11.1 Å². The largest absolute Gasteiger partial charge is 0.486 e. The third-order valence-electron chi connectivity index (χ3n) is 2.31. The maximum Gasteiger partial charge on any atom is 0.145 e. The first-order valence-electron chi connectivity index (χ1n) is 5.22. The fourth-order valence-electron chi connectivity index (χ4n) is 1.71. The van der Waals surface area contributed by atoms with Gasteiger partial charge in [0.1, 0.15) is 18.2 Å². The molecule has 0 amide bonds. The first-order valence-corrected chi connectivity index (χ1v) is 5.22. The lowest BCUT2D eigenvalue weighted by Gasteiger charge is -2.08. The van der Waals surface area contributed by atoms with Crippen molar-refractivity contribution in [1.82, 2.24) is 5.32 Å². The average molecular weight is 204 g/mol. The zero-order valence-electron chi connectivity index (χ0n) is 9.21. The van der Waals surface area contributed by atoms with Gasteiger partial charge in [-0.1, -0.05) is 6.07 Å². The van der Waals surface area contributed by atoms with Gasteiger partial charge in [-0.3, -0.25) is 4.99 Å². The number of rotatable bonds is 3. The van der Waals surface area contributed by atoms with E-state index in [1.54, 1.807) is 0 Å². The highest BCUT2D eigenvalue weighted by molar-refractivity contribution is 5.84. The van der Waals surface area contributed by atoms with Gasteiger partial charge in [0.05, 0.1) is 6.54 Å². The standard InChI is InChI=1S/C12H16N2O/c1-9-5-10(2)7-11(6-9)15-8-12-13-3-4-14-12/h5-7H,3-4,8H2,1-2H3,(H,13,14). The summed E-state index contributed by atoms with van der Waals surface area (Å²) >= 11 is 0. The van der Waals surface area contributed by atoms with E-state index in [0.29, 0.717) is 6.61 Å². The first-order chi connectivity index (χ1) is 7.24. The molecule has 0 unspecified atom stereocenters. The van der Waals surface area contributed by atoms with Crippen molar-refractivity contribution in [3.05, 3.63) is 29.3 Å². The molecule has 0 saturated heterocycles. The Morgan fingerprint density at radius 2 is 2.00 bits per heavy atom. The third kappa shape index (κ3) is 2.72. The Morgan fingerprint density at radius 1 is 1.27 bits per heavy atom. The average Bonchev–Trinajstić information content (AvgIpc) is 2.65. The van der Waals surface area contributed by atoms with Crippen LogP contribution < -0.4 is 10.1 Å². The Bertz CT molecular complexity index is 365. The predicted molar refractivity (Wildman–Crippen MR) is 61.7 cm³/mol. The second-order valence-corrected chi connectivity index (χ2v) is 3.87. The molecule has 3 nitrogen and oxygen atoms in total. The second kappa shape index (κ2) is 4.34. The van der Waals surface area contributed by atoms with E-state index in [9.17, 15) is 0 Å². The van der Waals surface area contributed by atoms with Crippen LogP contribution in [0.2, 0.25) is 0 Å². The molecule has 1 heterocycles. The monoisotopic (exact) mass is 204 g/mol. The molecular weight excluding hydrogens is 188 g/mol. The van der Waals surface area contributed by atoms with Gasteiger partial charge in [-0.2, -0.15) is 0 Å². The zero-order chi connectivity index (χ0) is 10.7. The maximum absolute atomic E-state index is 5.66. The van der Waals surface area contributed by atoms with Crippen LogP contribution >= 0.6 is 0 Å². The van der Waals surface area contributed by atoms with Gasteiger partial charge >= 0.3 is 0 Å². The molecule has 1 aromatic carbocycles. The van der Waals surface area contributed by atoms with E-state index in [2.05, 4.69) is 30.2 Å². The third-order valence-corrected chi connectivity index (χ3v) is 2.31. The van der Waals surface area contributed by atoms with Crippen molar-refractivity contribution < 1.29 is 4.74 Å². The molecule has 1 aliphatic heterocycles. The Morgan fingerprint density at radius 3 is 2.60 bits per heavy atom. The molecule has 0 spiro atoms. The van der Waals surface area contributed by atoms with Crippen molar-refractivity contribution in [2.75, 3.05) is 19.7 Å². The van der Waals surface area contributed by atoms with Gasteiger partial charge in [-0.25, -0.2) is 0 Å². The number of benzene rings is 1. The quantitative estimate of drug-likeness (QED) is 0.812. The van der Waals surface area contributed by atoms with Crippen LogP contribution in [0.1, 0.15) is 11.1 Å². The number of nitrogens with zero attached hydrogens (tertiary/aromatic N) is 1. The smallest absolute Gasteiger partial charge is 0.145 e. The van der Waals surface area contributed by atoms with E-state index >= 15 is 0 Å². The van der Waals surface area contributed by atoms with E-state index < -0.39 is 0 Å². The van der Waals surface area contributed by atoms with Gasteiger partial charge in [0.2, 0.25) is 0 Å². The van der Waals surface area contributed by atoms with Gasteiger partial charge in [0.25, 0.3) is 0 Å². The van der Waals surface area contributed by atoms with Gasteiger partial charge in [0.15, 0.2) is 0 Å². The SMILES string of the molecule is Cc1cc(C)cc(OCC2=NCCN2)c1. The van der Waals surface area contributed by atoms with Crippen LogP contribution in [0.5, 0.6) is 5.75 Å². The number of nitrogens with one attached hydrogen (secondary N) is 1. The lowest BCUT2D eigenvalue weighted by molar-refractivity contribution is 0.373. The fraction of sp³-hybridized carbons (Fsp3) is 0.417. The highest BCUT2D eigenvalue weighted by atomic mass is 16.5. The van der Waals surface area contributed by atoms with Crippen LogP contribution in [-0.4, -0.2) is 25.5 Å². The number of aryl methyl sites for hydroxylation is 2. The van der Waals surface area contributed by atoms with E-state index in [-0.39, 0.29) is 0 Å². The molecule has 1 N–H and O–H groups in total. The molecule has 0 aromatic heterocycles. The zero-order valence-corrected chi connectivity index (χ0v) is 9.21. The van der Waals surface area contributed by atoms with Gasteiger partial charge in [-0.05, 0) is 37.1 Å². The van der Waals surface area contributed by atoms with Crippen molar-refractivity contribution in [1.29, 1.82) is 0 Å². The Kier molecular flexibility index (Phi) is 2.90. The van der Waals surface area contributed by atoms with E-state index in [0.717, 1.165) is 24.7 Å². The number of hydrogen-bond donors (Lipinski definition) is 1. The minimum atomic E-state index is 0.545. The minimum Gasteiger partial charge on any atom is -0.486 e. The van der Waals surface area contributed by atoms with Crippen LogP contribution in [0.25, 0.3) is 0 Å². The van der Waals surface area contributed by atoms with Crippen molar-refractivity contribution in [3.8, 4) is 5.75 Å². The molecule has 0 fully saturated rings. The van der Waals surface area contributed by atoms with Crippen LogP contribution in [0.15, 0.2) is 23.2 Å². The summed E-state index contributed by atoms with van der Waals surface area (Å²) in [6.07, 6.45) is 0. The molecule has 1 aromatic rings. The lowest BCUT2D eigenvalue weighted by Crippen LogP contribution is -2.24. The van der Waals surface area contributed by atoms with Gasteiger partial charge in [-0.15, -0.1) is 0 Å². The van der Waals surface area contributed by atoms with Crippen LogP contribution in [0.4, 0.5) is 0 Å². The fourth-order valence-corrected chi connectivity index (χ4v) is 1.71. The summed E-state index contributed by atoms with van der Waals surface area (Å²) in [6, 6.07) is 6.23. The number of aliphatic imine (C=N–C) groups is 1. The summed E-state index contributed by atoms with van der Waals surface area (Å²) < 4.78 is 5.66. The molecule has 3 heteroatoms. The minimum absolute atomic E-state index is 0.545. The summed E-state index contributed by atoms with van der Waals surface area (Å²) in [5, 5.41) is 3.18. The summed E-state index contributed by atoms with van der Waals surface area (Å²) in [5.74, 6) is 1.87. The molecule has 0 bridgehead atoms. The molecule has 0 aliphatic carbocycles. The van der Waals surface area contributed by atoms with Crippen molar-refractivity contribution in [2.45, 2.75) is 13.8 Å². The van der Waals surface area contributed by atoms with Crippen molar-refractivity contribution >= 4 is 5.84 Å². The van der Waals surface area contributed by atoms with Gasteiger partial charge in [0, 0.05) is 6.54 Å². The van der Waals surface area contributed by atoms with Crippen LogP contribution in [0.3, 0.4) is 0 Å². The number of amidine groups is 1. The van der Waals surface area contributed by atoms with Crippen molar-refractivity contribution in [3.63, 3.8) is 0 Å². The van der Waals surface area contributed by atoms with E-state index in [4.69, 9.17) is 4.74 Å². The summed E-state index contributed by atoms with van der Waals surface area (Å²) in [7, 11) is 0.